The number of rotatable bonds is 3. The number of hydrogen-bond acceptors (Lipinski definition) is 3. The third kappa shape index (κ3) is 18.3. The summed E-state index contributed by atoms with van der Waals surface area (Å²) in [5, 5.41) is 0. The zero-order valence-corrected chi connectivity index (χ0v) is 9.22. The van der Waals surface area contributed by atoms with Gasteiger partial charge >= 0.3 is 5.97 Å². The van der Waals surface area contributed by atoms with Crippen molar-refractivity contribution in [3.05, 3.63) is 0 Å². The highest BCUT2D eigenvalue weighted by Crippen LogP contribution is 1.85. The van der Waals surface area contributed by atoms with Crippen molar-refractivity contribution >= 4 is 11.8 Å². The molecular weight excluding hydrogens is 168 g/mol. The van der Waals surface area contributed by atoms with Gasteiger partial charge in [-0.05, 0) is 13.8 Å². The van der Waals surface area contributed by atoms with Crippen molar-refractivity contribution in [2.45, 2.75) is 53.6 Å². The van der Waals surface area contributed by atoms with Crippen LogP contribution in [0.2, 0.25) is 0 Å². The molecule has 78 valence electrons. The number of Topliss-reactive ketones (excluding diaryl/α,β-unsaturated/α-hetero) is 1. The fourth-order valence-corrected chi connectivity index (χ4v) is 0.582. The van der Waals surface area contributed by atoms with E-state index in [1.807, 2.05) is 27.7 Å². The average Bonchev–Trinajstić information content (AvgIpc) is 2.01. The van der Waals surface area contributed by atoms with E-state index in [1.165, 1.54) is 6.92 Å². The molecule has 0 atom stereocenters. The van der Waals surface area contributed by atoms with Crippen molar-refractivity contribution in [3.8, 4) is 0 Å². The molecule has 0 bridgehead atoms. The Balaban J connectivity index is 0. The van der Waals surface area contributed by atoms with Crippen molar-refractivity contribution in [2.75, 3.05) is 0 Å². The topological polar surface area (TPSA) is 43.4 Å². The molecule has 3 nitrogen and oxygen atoms in total. The lowest BCUT2D eigenvalue weighted by Gasteiger charge is -2.01. The Hall–Kier alpha value is -0.860. The molecule has 0 aliphatic heterocycles. The number of hydrogen-bond donors (Lipinski definition) is 0. The molecule has 3 heteroatoms. The van der Waals surface area contributed by atoms with Gasteiger partial charge in [-0.3, -0.25) is 9.59 Å². The van der Waals surface area contributed by atoms with Crippen molar-refractivity contribution in [1.29, 1.82) is 0 Å². The van der Waals surface area contributed by atoms with Gasteiger partial charge in [0.05, 0.1) is 6.10 Å². The van der Waals surface area contributed by atoms with Gasteiger partial charge in [0.1, 0.15) is 5.78 Å². The largest absolute Gasteiger partial charge is 0.463 e. The molecule has 0 radical (unpaired) electrons. The Labute approximate surface area is 80.5 Å². The summed E-state index contributed by atoms with van der Waals surface area (Å²) in [5.41, 5.74) is 0. The van der Waals surface area contributed by atoms with Gasteiger partial charge in [-0.2, -0.15) is 0 Å². The molecule has 0 aliphatic rings. The van der Waals surface area contributed by atoms with E-state index in [9.17, 15) is 9.59 Å². The maximum atomic E-state index is 10.2. The zero-order chi connectivity index (χ0) is 10.9. The Morgan fingerprint density at radius 1 is 1.15 bits per heavy atom. The summed E-state index contributed by atoms with van der Waals surface area (Å²) in [4.78, 5) is 20.2. The normalized spacial score (nSPS) is 8.77. The maximum absolute atomic E-state index is 10.2. The molecule has 0 unspecified atom stereocenters. The zero-order valence-electron chi connectivity index (χ0n) is 9.22. The van der Waals surface area contributed by atoms with Crippen molar-refractivity contribution < 1.29 is 14.3 Å². The highest BCUT2D eigenvalue weighted by atomic mass is 16.5. The first-order valence-electron chi connectivity index (χ1n) is 4.62. The molecule has 0 amide bonds. The number of ketones is 1. The van der Waals surface area contributed by atoms with Crippen LogP contribution in [0.1, 0.15) is 47.5 Å². The maximum Gasteiger partial charge on any atom is 0.302 e. The fraction of sp³-hybridized carbons (Fsp3) is 0.800. The van der Waals surface area contributed by atoms with Crippen LogP contribution in [-0.4, -0.2) is 17.9 Å². The van der Waals surface area contributed by atoms with Gasteiger partial charge in [0.15, 0.2) is 0 Å². The fourth-order valence-electron chi connectivity index (χ4n) is 0.582. The predicted molar refractivity (Wildman–Crippen MR) is 52.5 cm³/mol. The van der Waals surface area contributed by atoms with Gasteiger partial charge in [-0.25, -0.2) is 0 Å². The molecule has 0 aromatic heterocycles. The van der Waals surface area contributed by atoms with Gasteiger partial charge in [0.25, 0.3) is 0 Å². The van der Waals surface area contributed by atoms with E-state index >= 15 is 0 Å². The second-order valence-corrected chi connectivity index (χ2v) is 2.90. The molecule has 0 aromatic carbocycles. The molecule has 0 rings (SSSR count). The van der Waals surface area contributed by atoms with Crippen molar-refractivity contribution in [2.24, 2.45) is 0 Å². The Kier molecular flexibility index (Phi) is 10.4. The summed E-state index contributed by atoms with van der Waals surface area (Å²) in [7, 11) is 0. The average molecular weight is 188 g/mol. The van der Waals surface area contributed by atoms with E-state index in [4.69, 9.17) is 0 Å². The Bertz CT molecular complexity index is 144. The van der Waals surface area contributed by atoms with Crippen LogP contribution in [0, 0.1) is 0 Å². The number of carbonyl (C=O) groups excluding carboxylic acids is 2. The molecule has 0 N–H and O–H groups in total. The van der Waals surface area contributed by atoms with Gasteiger partial charge in [-0.15, -0.1) is 0 Å². The molecule has 0 aliphatic carbocycles. The minimum absolute atomic E-state index is 0.0255. The van der Waals surface area contributed by atoms with Crippen LogP contribution in [0.25, 0.3) is 0 Å². The van der Waals surface area contributed by atoms with Crippen molar-refractivity contribution in [1.82, 2.24) is 0 Å². The van der Waals surface area contributed by atoms with Gasteiger partial charge in [-0.1, -0.05) is 13.8 Å². The summed E-state index contributed by atoms with van der Waals surface area (Å²) >= 11 is 0. The number of carbonyl (C=O) groups is 2. The molecule has 0 heterocycles. The van der Waals surface area contributed by atoms with Crippen LogP contribution >= 0.6 is 0 Å². The lowest BCUT2D eigenvalue weighted by Crippen LogP contribution is -2.06. The smallest absolute Gasteiger partial charge is 0.302 e. The predicted octanol–water partition coefficient (Wildman–Crippen LogP) is 2.33. The summed E-state index contributed by atoms with van der Waals surface area (Å²) in [6.45, 7) is 8.81. The van der Waals surface area contributed by atoms with Crippen LogP contribution in [0.3, 0.4) is 0 Å². The van der Waals surface area contributed by atoms with E-state index in [1.54, 1.807) is 0 Å². The molecule has 0 spiro atoms. The first kappa shape index (κ1) is 14.7. The first-order valence-corrected chi connectivity index (χ1v) is 4.62. The highest BCUT2D eigenvalue weighted by molar-refractivity contribution is 5.77. The quantitative estimate of drug-likeness (QED) is 0.638. The molecule has 0 aromatic rings. The lowest BCUT2D eigenvalue weighted by atomic mass is 10.3. The second-order valence-electron chi connectivity index (χ2n) is 2.90. The molecule has 0 fully saturated rings. The monoisotopic (exact) mass is 188 g/mol. The summed E-state index contributed by atoms with van der Waals surface area (Å²) in [6.07, 6.45) is 1.41. The summed E-state index contributed by atoms with van der Waals surface area (Å²) < 4.78 is 4.61. The van der Waals surface area contributed by atoms with Crippen LogP contribution in [0.4, 0.5) is 0 Å². The molecule has 0 saturated heterocycles. The van der Waals surface area contributed by atoms with Crippen LogP contribution < -0.4 is 0 Å². The number of esters is 1. The molecular formula is C10H20O3. The van der Waals surface area contributed by atoms with E-state index in [0.717, 1.165) is 0 Å². The van der Waals surface area contributed by atoms with Crippen LogP contribution in [0.5, 0.6) is 0 Å². The van der Waals surface area contributed by atoms with E-state index in [2.05, 4.69) is 4.74 Å². The molecule has 0 saturated carbocycles. The van der Waals surface area contributed by atoms with Gasteiger partial charge in [0, 0.05) is 19.8 Å². The lowest BCUT2D eigenvalue weighted by molar-refractivity contribution is -0.144. The minimum Gasteiger partial charge on any atom is -0.463 e. The summed E-state index contributed by atoms with van der Waals surface area (Å²) in [6, 6.07) is 0. The molecule has 13 heavy (non-hydrogen) atoms. The SMILES string of the molecule is CC(=O)OC(C)C.CCC(=O)CC. The van der Waals surface area contributed by atoms with E-state index in [0.29, 0.717) is 18.6 Å². The standard InChI is InChI=1S/C5H10O2.C5H10O/c1-4(2)7-5(3)6;1-3-5(6)4-2/h4H,1-3H3;3-4H2,1-2H3. The van der Waals surface area contributed by atoms with Crippen LogP contribution in [0.15, 0.2) is 0 Å². The van der Waals surface area contributed by atoms with E-state index < -0.39 is 0 Å². The third-order valence-electron chi connectivity index (χ3n) is 1.19. The summed E-state index contributed by atoms with van der Waals surface area (Å²) in [5.74, 6) is 0.130. The van der Waals surface area contributed by atoms with E-state index in [-0.39, 0.29) is 12.1 Å². The Morgan fingerprint density at radius 2 is 1.54 bits per heavy atom. The highest BCUT2D eigenvalue weighted by Gasteiger charge is 1.93. The third-order valence-corrected chi connectivity index (χ3v) is 1.19. The van der Waals surface area contributed by atoms with Gasteiger partial charge in [0.2, 0.25) is 0 Å². The Morgan fingerprint density at radius 3 is 1.54 bits per heavy atom. The van der Waals surface area contributed by atoms with Gasteiger partial charge < -0.3 is 4.74 Å². The number of ether oxygens (including phenoxy) is 1. The first-order chi connectivity index (χ1) is 5.93. The van der Waals surface area contributed by atoms with Crippen LogP contribution in [-0.2, 0) is 14.3 Å². The van der Waals surface area contributed by atoms with Crippen molar-refractivity contribution in [3.63, 3.8) is 0 Å². The minimum atomic E-state index is -0.213. The second kappa shape index (κ2) is 9.23.